The first-order valence-corrected chi connectivity index (χ1v) is 5.32. The van der Waals surface area contributed by atoms with Gasteiger partial charge in [0.25, 0.3) is 0 Å². The summed E-state index contributed by atoms with van der Waals surface area (Å²) in [6, 6.07) is 27.0. The van der Waals surface area contributed by atoms with E-state index in [4.69, 9.17) is 0 Å². The zero-order valence-electron chi connectivity index (χ0n) is 9.35. The molecule has 0 bridgehead atoms. The fraction of sp³-hybridized carbons (Fsp3) is 0. The van der Waals surface area contributed by atoms with Gasteiger partial charge in [0.05, 0.1) is 0 Å². The van der Waals surface area contributed by atoms with E-state index in [1.165, 1.54) is 10.8 Å². The van der Waals surface area contributed by atoms with Crippen LogP contribution in [0.1, 0.15) is 0 Å². The van der Waals surface area contributed by atoms with Crippen LogP contribution in [-0.4, -0.2) is 0 Å². The number of fused-ring (bicyclic) bond motifs is 1. The van der Waals surface area contributed by atoms with Crippen LogP contribution in [0.5, 0.6) is 0 Å². The van der Waals surface area contributed by atoms with Crippen molar-refractivity contribution in [2.45, 2.75) is 0 Å². The molecule has 3 aromatic carbocycles. The summed E-state index contributed by atoms with van der Waals surface area (Å²) < 4.78 is 0. The van der Waals surface area contributed by atoms with Gasteiger partial charge in [-0.15, -0.1) is 29.0 Å². The third-order valence-corrected chi connectivity index (χ3v) is 2.70. The van der Waals surface area contributed by atoms with E-state index >= 15 is 0 Å². The van der Waals surface area contributed by atoms with Gasteiger partial charge in [0.15, 0.2) is 0 Å². The molecule has 0 atom stereocenters. The third kappa shape index (κ3) is 2.48. The molecule has 0 aromatic heterocycles. The summed E-state index contributed by atoms with van der Waals surface area (Å²) in [6.45, 7) is 0. The number of hydrogen-bond donors (Lipinski definition) is 0. The van der Waals surface area contributed by atoms with Crippen LogP contribution >= 0.6 is 0 Å². The van der Waals surface area contributed by atoms with Gasteiger partial charge >= 0.3 is 0 Å². The predicted molar refractivity (Wildman–Crippen MR) is 67.1 cm³/mol. The van der Waals surface area contributed by atoms with Gasteiger partial charge < -0.3 is 0 Å². The molecule has 0 unspecified atom stereocenters. The summed E-state index contributed by atoms with van der Waals surface area (Å²) >= 11 is 0. The van der Waals surface area contributed by atoms with E-state index in [-0.39, 0.29) is 32.7 Å². The molecule has 17 heavy (non-hydrogen) atoms. The Morgan fingerprint density at radius 2 is 1.53 bits per heavy atom. The standard InChI is InChI=1S/C16H10.Y/c1-2-7-13(8-3-1)16-12-6-10-14-9-4-5-11-15(14)16;/h1-7,9-11H;/q-2;. The van der Waals surface area contributed by atoms with Crippen molar-refractivity contribution < 1.29 is 32.7 Å². The summed E-state index contributed by atoms with van der Waals surface area (Å²) in [5, 5.41) is 2.47. The minimum atomic E-state index is 0. The van der Waals surface area contributed by atoms with Crippen LogP contribution in [0.25, 0.3) is 21.9 Å². The maximum Gasteiger partial charge on any atom is 0 e. The van der Waals surface area contributed by atoms with E-state index in [2.05, 4.69) is 48.5 Å². The predicted octanol–water partition coefficient (Wildman–Crippen LogP) is 4.10. The molecule has 0 N–H and O–H groups in total. The zero-order valence-corrected chi connectivity index (χ0v) is 12.2. The molecule has 0 nitrogen and oxygen atoms in total. The van der Waals surface area contributed by atoms with Crippen LogP contribution < -0.4 is 0 Å². The second-order valence-corrected chi connectivity index (χ2v) is 3.72. The van der Waals surface area contributed by atoms with Gasteiger partial charge in [-0.25, -0.2) is 11.1 Å². The molecule has 1 heteroatoms. The average Bonchev–Trinajstić information content (AvgIpc) is 2.39. The summed E-state index contributed by atoms with van der Waals surface area (Å²) in [5.41, 5.74) is 2.22. The van der Waals surface area contributed by atoms with Crippen LogP contribution in [0.2, 0.25) is 0 Å². The number of rotatable bonds is 1. The van der Waals surface area contributed by atoms with Gasteiger partial charge in [0.2, 0.25) is 0 Å². The van der Waals surface area contributed by atoms with Crippen molar-refractivity contribution in [2.24, 2.45) is 0 Å². The van der Waals surface area contributed by atoms with Crippen molar-refractivity contribution in [3.63, 3.8) is 0 Å². The maximum absolute atomic E-state index is 3.30. The Morgan fingerprint density at radius 1 is 0.706 bits per heavy atom. The SMILES string of the molecule is [Y].[c-]1ccccc1-c1[c-]ccc2ccccc12. The second-order valence-electron chi connectivity index (χ2n) is 3.72. The molecule has 0 aliphatic carbocycles. The van der Waals surface area contributed by atoms with E-state index in [1.807, 2.05) is 24.3 Å². The molecule has 0 aliphatic heterocycles. The molecule has 0 amide bonds. The normalized spacial score (nSPS) is 9.88. The quantitative estimate of drug-likeness (QED) is 0.592. The molecule has 0 saturated carbocycles. The molecule has 0 saturated heterocycles. The smallest absolute Gasteiger partial charge is 0 e. The molecular formula is C16H10Y-2. The first kappa shape index (κ1) is 12.5. The van der Waals surface area contributed by atoms with Crippen molar-refractivity contribution in [3.8, 4) is 11.1 Å². The molecule has 0 fully saturated rings. The van der Waals surface area contributed by atoms with E-state index in [0.29, 0.717) is 0 Å². The zero-order chi connectivity index (χ0) is 10.8. The van der Waals surface area contributed by atoms with Gasteiger partial charge in [-0.1, -0.05) is 18.2 Å². The Hall–Kier alpha value is -0.976. The van der Waals surface area contributed by atoms with Crippen LogP contribution in [0.3, 0.4) is 0 Å². The van der Waals surface area contributed by atoms with Crippen LogP contribution in [0, 0.1) is 12.1 Å². The largest absolute Gasteiger partial charge is 0.226 e. The fourth-order valence-electron chi connectivity index (χ4n) is 1.93. The third-order valence-electron chi connectivity index (χ3n) is 2.70. The number of benzene rings is 3. The minimum absolute atomic E-state index is 0. The Labute approximate surface area is 127 Å². The van der Waals surface area contributed by atoms with E-state index < -0.39 is 0 Å². The first-order chi connectivity index (χ1) is 7.95. The Bertz CT molecular complexity index is 609. The maximum atomic E-state index is 3.30. The Balaban J connectivity index is 0.00000108. The van der Waals surface area contributed by atoms with Crippen molar-refractivity contribution in [1.29, 1.82) is 0 Å². The Morgan fingerprint density at radius 3 is 2.35 bits per heavy atom. The van der Waals surface area contributed by atoms with Crippen molar-refractivity contribution in [2.75, 3.05) is 0 Å². The molecule has 0 aliphatic rings. The molecule has 1 radical (unpaired) electrons. The second kappa shape index (κ2) is 5.57. The van der Waals surface area contributed by atoms with Gasteiger partial charge in [-0.3, -0.25) is 0 Å². The first-order valence-electron chi connectivity index (χ1n) is 5.32. The Kier molecular flexibility index (Phi) is 4.09. The van der Waals surface area contributed by atoms with E-state index in [9.17, 15) is 0 Å². The van der Waals surface area contributed by atoms with Crippen LogP contribution in [-0.2, 0) is 32.7 Å². The number of hydrogen-bond acceptors (Lipinski definition) is 0. The van der Waals surface area contributed by atoms with Crippen LogP contribution in [0.15, 0.2) is 60.7 Å². The van der Waals surface area contributed by atoms with Crippen molar-refractivity contribution in [1.82, 2.24) is 0 Å². The average molecular weight is 291 g/mol. The van der Waals surface area contributed by atoms with Gasteiger partial charge in [0, 0.05) is 32.7 Å². The monoisotopic (exact) mass is 291 g/mol. The van der Waals surface area contributed by atoms with Gasteiger partial charge in [-0.2, -0.15) is 36.4 Å². The van der Waals surface area contributed by atoms with Crippen molar-refractivity contribution in [3.05, 3.63) is 72.8 Å². The minimum Gasteiger partial charge on any atom is -0.226 e. The van der Waals surface area contributed by atoms with Gasteiger partial charge in [0.1, 0.15) is 0 Å². The molecule has 3 rings (SSSR count). The molecule has 0 heterocycles. The topological polar surface area (TPSA) is 0 Å². The molecule has 3 aromatic rings. The molecule has 79 valence electrons. The van der Waals surface area contributed by atoms with E-state index in [1.54, 1.807) is 0 Å². The molecule has 0 spiro atoms. The van der Waals surface area contributed by atoms with E-state index in [0.717, 1.165) is 11.1 Å². The van der Waals surface area contributed by atoms with Gasteiger partial charge in [-0.05, 0) is 0 Å². The molecular weight excluding hydrogens is 281 g/mol. The summed E-state index contributed by atoms with van der Waals surface area (Å²) in [7, 11) is 0. The summed E-state index contributed by atoms with van der Waals surface area (Å²) in [5.74, 6) is 0. The van der Waals surface area contributed by atoms with Crippen molar-refractivity contribution >= 4 is 10.8 Å². The summed E-state index contributed by atoms with van der Waals surface area (Å²) in [4.78, 5) is 0. The van der Waals surface area contributed by atoms with Crippen LogP contribution in [0.4, 0.5) is 0 Å². The fourth-order valence-corrected chi connectivity index (χ4v) is 1.93. The summed E-state index contributed by atoms with van der Waals surface area (Å²) in [6.07, 6.45) is 0.